The molecular weight excluding hydrogens is 302 g/mol. The molecule has 4 rings (SSSR count). The summed E-state index contributed by atoms with van der Waals surface area (Å²) in [5, 5.41) is 3.68. The Morgan fingerprint density at radius 2 is 2.00 bits per heavy atom. The molecule has 2 heterocycles. The number of fused-ring (bicyclic) bond motifs is 2. The fourth-order valence-electron chi connectivity index (χ4n) is 3.43. The van der Waals surface area contributed by atoms with Crippen LogP contribution in [0.2, 0.25) is 0 Å². The van der Waals surface area contributed by atoms with Crippen LogP contribution in [0.3, 0.4) is 0 Å². The van der Waals surface area contributed by atoms with Crippen molar-refractivity contribution in [3.8, 4) is 11.3 Å². The lowest BCUT2D eigenvalue weighted by molar-refractivity contribution is 0.379. The van der Waals surface area contributed by atoms with Gasteiger partial charge in [0.05, 0.1) is 17.9 Å². The second-order valence-corrected chi connectivity index (χ2v) is 6.52. The highest BCUT2D eigenvalue weighted by molar-refractivity contribution is 9.10. The van der Waals surface area contributed by atoms with Crippen LogP contribution >= 0.6 is 15.9 Å². The van der Waals surface area contributed by atoms with Gasteiger partial charge >= 0.3 is 0 Å². The third-order valence-corrected chi connectivity index (χ3v) is 4.93. The van der Waals surface area contributed by atoms with Gasteiger partial charge in [0, 0.05) is 10.5 Å². The maximum absolute atomic E-state index is 4.59. The molecule has 19 heavy (non-hydrogen) atoms. The molecule has 2 bridgehead atoms. The monoisotopic (exact) mass is 317 g/mol. The summed E-state index contributed by atoms with van der Waals surface area (Å²) in [6, 6.07) is 9.49. The number of nitrogens with one attached hydrogen (secondary N) is 2. The molecule has 0 spiro atoms. The molecule has 2 aromatic rings. The molecule has 2 fully saturated rings. The number of benzene rings is 1. The van der Waals surface area contributed by atoms with Crippen LogP contribution in [0.1, 0.15) is 31.1 Å². The third-order valence-electron chi connectivity index (χ3n) is 4.41. The Kier molecular flexibility index (Phi) is 2.74. The average Bonchev–Trinajstić information content (AvgIpc) is 3.15. The van der Waals surface area contributed by atoms with Gasteiger partial charge < -0.3 is 10.3 Å². The molecule has 1 saturated carbocycles. The summed E-state index contributed by atoms with van der Waals surface area (Å²) < 4.78 is 1.10. The number of hydrogen-bond donors (Lipinski definition) is 2. The van der Waals surface area contributed by atoms with E-state index in [4.69, 9.17) is 0 Å². The smallest absolute Gasteiger partial charge is 0.124 e. The van der Waals surface area contributed by atoms with Gasteiger partial charge in [0.25, 0.3) is 0 Å². The number of halogens is 1. The Bertz CT molecular complexity index is 590. The number of imidazole rings is 1. The van der Waals surface area contributed by atoms with Gasteiger partial charge in [-0.25, -0.2) is 4.98 Å². The fraction of sp³-hybridized carbons (Fsp3) is 0.400. The summed E-state index contributed by atoms with van der Waals surface area (Å²) in [4.78, 5) is 8.07. The van der Waals surface area contributed by atoms with E-state index in [0.29, 0.717) is 6.04 Å². The average molecular weight is 318 g/mol. The van der Waals surface area contributed by atoms with Gasteiger partial charge in [-0.3, -0.25) is 0 Å². The lowest BCUT2D eigenvalue weighted by atomic mass is 10.00. The highest BCUT2D eigenvalue weighted by Crippen LogP contribution is 2.42. The van der Waals surface area contributed by atoms with E-state index in [1.165, 1.54) is 24.8 Å². The van der Waals surface area contributed by atoms with Crippen molar-refractivity contribution in [2.45, 2.75) is 31.3 Å². The summed E-state index contributed by atoms with van der Waals surface area (Å²) >= 11 is 3.46. The highest BCUT2D eigenvalue weighted by Gasteiger charge is 2.41. The van der Waals surface area contributed by atoms with Gasteiger partial charge in [0.15, 0.2) is 0 Å². The summed E-state index contributed by atoms with van der Waals surface area (Å²) in [6.45, 7) is 0. The minimum absolute atomic E-state index is 0.433. The Balaban J connectivity index is 1.61. The summed E-state index contributed by atoms with van der Waals surface area (Å²) in [5.41, 5.74) is 2.29. The van der Waals surface area contributed by atoms with Crippen LogP contribution < -0.4 is 5.32 Å². The molecule has 2 N–H and O–H groups in total. The second-order valence-electron chi connectivity index (χ2n) is 5.60. The van der Waals surface area contributed by atoms with Crippen molar-refractivity contribution in [2.24, 2.45) is 5.92 Å². The highest BCUT2D eigenvalue weighted by atomic mass is 79.9. The standard InChI is InChI=1S/C15H16BrN3/c16-11-4-1-9(2-5-11)13-8-17-15(19-13)14-10-3-6-12(7-10)18-14/h1-2,4-5,8,10,12,14,18H,3,6-7H2,(H,17,19). The Morgan fingerprint density at radius 3 is 2.68 bits per heavy atom. The molecule has 1 aromatic carbocycles. The van der Waals surface area contributed by atoms with Gasteiger partial charge in [-0.15, -0.1) is 0 Å². The number of aromatic nitrogens is 2. The summed E-state index contributed by atoms with van der Waals surface area (Å²) in [6.07, 6.45) is 5.95. The molecule has 1 aliphatic carbocycles. The van der Waals surface area contributed by atoms with E-state index in [0.717, 1.165) is 28.0 Å². The van der Waals surface area contributed by atoms with Crippen LogP contribution in [0.25, 0.3) is 11.3 Å². The quantitative estimate of drug-likeness (QED) is 0.887. The molecule has 3 unspecified atom stereocenters. The summed E-state index contributed by atoms with van der Waals surface area (Å²) in [5.74, 6) is 1.87. The zero-order valence-electron chi connectivity index (χ0n) is 10.6. The molecule has 3 nitrogen and oxygen atoms in total. The van der Waals surface area contributed by atoms with Crippen molar-refractivity contribution in [3.63, 3.8) is 0 Å². The Hall–Kier alpha value is -1.13. The normalized spacial score (nSPS) is 29.0. The van der Waals surface area contributed by atoms with Crippen LogP contribution in [-0.4, -0.2) is 16.0 Å². The first-order valence-electron chi connectivity index (χ1n) is 6.86. The van der Waals surface area contributed by atoms with E-state index in [1.807, 2.05) is 6.20 Å². The van der Waals surface area contributed by atoms with Crippen molar-refractivity contribution in [3.05, 3.63) is 40.8 Å². The molecule has 1 aromatic heterocycles. The number of nitrogens with zero attached hydrogens (tertiary/aromatic N) is 1. The van der Waals surface area contributed by atoms with E-state index in [2.05, 4.69) is 55.5 Å². The maximum atomic E-state index is 4.59. The zero-order chi connectivity index (χ0) is 12.8. The van der Waals surface area contributed by atoms with Crippen molar-refractivity contribution in [1.82, 2.24) is 15.3 Å². The number of aromatic amines is 1. The van der Waals surface area contributed by atoms with Gasteiger partial charge in [-0.2, -0.15) is 0 Å². The van der Waals surface area contributed by atoms with Crippen molar-refractivity contribution < 1.29 is 0 Å². The number of rotatable bonds is 2. The van der Waals surface area contributed by atoms with E-state index in [1.54, 1.807) is 0 Å². The van der Waals surface area contributed by atoms with Crippen LogP contribution in [0.5, 0.6) is 0 Å². The topological polar surface area (TPSA) is 40.7 Å². The second kappa shape index (κ2) is 4.46. The molecular formula is C15H16BrN3. The first-order chi connectivity index (χ1) is 9.29. The predicted octanol–water partition coefficient (Wildman–Crippen LogP) is 3.65. The fourth-order valence-corrected chi connectivity index (χ4v) is 3.70. The Morgan fingerprint density at radius 1 is 1.16 bits per heavy atom. The van der Waals surface area contributed by atoms with Crippen molar-refractivity contribution in [2.75, 3.05) is 0 Å². The summed E-state index contributed by atoms with van der Waals surface area (Å²) in [7, 11) is 0. The van der Waals surface area contributed by atoms with Crippen LogP contribution in [-0.2, 0) is 0 Å². The van der Waals surface area contributed by atoms with E-state index < -0.39 is 0 Å². The van der Waals surface area contributed by atoms with Gasteiger partial charge in [-0.1, -0.05) is 28.1 Å². The minimum atomic E-state index is 0.433. The third kappa shape index (κ3) is 2.03. The van der Waals surface area contributed by atoms with Crippen molar-refractivity contribution in [1.29, 1.82) is 0 Å². The minimum Gasteiger partial charge on any atom is -0.341 e. The lowest BCUT2D eigenvalue weighted by Gasteiger charge is -2.20. The molecule has 98 valence electrons. The van der Waals surface area contributed by atoms with Gasteiger partial charge in [0.2, 0.25) is 0 Å². The maximum Gasteiger partial charge on any atom is 0.124 e. The van der Waals surface area contributed by atoms with Gasteiger partial charge in [0.1, 0.15) is 5.82 Å². The predicted molar refractivity (Wildman–Crippen MR) is 78.7 cm³/mol. The largest absolute Gasteiger partial charge is 0.341 e. The van der Waals surface area contributed by atoms with Crippen LogP contribution in [0.15, 0.2) is 34.9 Å². The van der Waals surface area contributed by atoms with E-state index in [9.17, 15) is 0 Å². The van der Waals surface area contributed by atoms with Crippen LogP contribution in [0.4, 0.5) is 0 Å². The zero-order valence-corrected chi connectivity index (χ0v) is 12.2. The number of piperidine rings is 1. The SMILES string of the molecule is Brc1ccc(-c2cnc(C3NC4CCC3C4)[nH]2)cc1. The molecule has 1 saturated heterocycles. The number of hydrogen-bond acceptors (Lipinski definition) is 2. The Labute approximate surface area is 121 Å². The molecule has 0 radical (unpaired) electrons. The van der Waals surface area contributed by atoms with E-state index in [-0.39, 0.29) is 0 Å². The molecule has 2 aliphatic rings. The molecule has 0 amide bonds. The molecule has 4 heteroatoms. The number of H-pyrrole nitrogens is 1. The lowest BCUT2D eigenvalue weighted by Crippen LogP contribution is -2.29. The molecule has 1 aliphatic heterocycles. The van der Waals surface area contributed by atoms with Crippen LogP contribution in [0, 0.1) is 5.92 Å². The first-order valence-corrected chi connectivity index (χ1v) is 7.66. The van der Waals surface area contributed by atoms with Crippen molar-refractivity contribution >= 4 is 15.9 Å². The van der Waals surface area contributed by atoms with Gasteiger partial charge in [-0.05, 0) is 42.9 Å². The first kappa shape index (κ1) is 11.7. The molecule has 3 atom stereocenters. The van der Waals surface area contributed by atoms with E-state index >= 15 is 0 Å².